The molecule has 2 N–H and O–H groups in total. The van der Waals surface area contributed by atoms with Crippen molar-refractivity contribution >= 4 is 5.82 Å². The summed E-state index contributed by atoms with van der Waals surface area (Å²) in [7, 11) is 0. The average molecular weight is 212 g/mol. The van der Waals surface area contributed by atoms with Crippen LogP contribution < -0.4 is 5.73 Å². The van der Waals surface area contributed by atoms with Gasteiger partial charge in [-0.1, -0.05) is 6.07 Å². The molecule has 0 spiro atoms. The Morgan fingerprint density at radius 1 is 1.25 bits per heavy atom. The second-order valence-electron chi connectivity index (χ2n) is 3.81. The highest BCUT2D eigenvalue weighted by molar-refractivity contribution is 5.53. The van der Waals surface area contributed by atoms with Crippen LogP contribution in [0.2, 0.25) is 0 Å². The van der Waals surface area contributed by atoms with E-state index in [4.69, 9.17) is 11.0 Å². The van der Waals surface area contributed by atoms with E-state index in [-0.39, 0.29) is 0 Å². The van der Waals surface area contributed by atoms with Crippen LogP contribution in [0.25, 0.3) is 5.69 Å². The highest BCUT2D eigenvalue weighted by Crippen LogP contribution is 2.18. The molecular formula is C12H12N4. The van der Waals surface area contributed by atoms with Crippen molar-refractivity contribution < 1.29 is 0 Å². The molecule has 0 atom stereocenters. The molecule has 0 radical (unpaired) electrons. The van der Waals surface area contributed by atoms with E-state index >= 15 is 0 Å². The smallest absolute Gasteiger partial charge is 0.145 e. The summed E-state index contributed by atoms with van der Waals surface area (Å²) in [6.45, 7) is 4.03. The van der Waals surface area contributed by atoms with Gasteiger partial charge in [0.05, 0.1) is 11.9 Å². The predicted octanol–water partition coefficient (Wildman–Crippen LogP) is 1.94. The van der Waals surface area contributed by atoms with Crippen LogP contribution in [0.15, 0.2) is 24.4 Å². The van der Waals surface area contributed by atoms with Crippen molar-refractivity contribution in [3.8, 4) is 11.8 Å². The van der Waals surface area contributed by atoms with E-state index in [1.54, 1.807) is 4.68 Å². The summed E-state index contributed by atoms with van der Waals surface area (Å²) in [5.41, 5.74) is 9.40. The molecular weight excluding hydrogens is 200 g/mol. The van der Waals surface area contributed by atoms with Gasteiger partial charge in [0.25, 0.3) is 0 Å². The summed E-state index contributed by atoms with van der Waals surface area (Å²) < 4.78 is 1.58. The molecule has 0 aliphatic heterocycles. The standard InChI is InChI=1S/C12H12N4/c1-8-3-9(2)5-11(4-8)16-12(14)10(6-13)7-15-16/h3-5,7H,14H2,1-2H3. The van der Waals surface area contributed by atoms with E-state index < -0.39 is 0 Å². The molecule has 0 aliphatic rings. The molecule has 0 unspecified atom stereocenters. The molecule has 1 aromatic heterocycles. The molecule has 4 heteroatoms. The molecule has 0 amide bonds. The van der Waals surface area contributed by atoms with Crippen LogP contribution in [-0.2, 0) is 0 Å². The van der Waals surface area contributed by atoms with Gasteiger partial charge in [0, 0.05) is 0 Å². The topological polar surface area (TPSA) is 67.6 Å². The fourth-order valence-corrected chi connectivity index (χ4v) is 1.72. The third kappa shape index (κ3) is 1.63. The van der Waals surface area contributed by atoms with Gasteiger partial charge in [-0.3, -0.25) is 0 Å². The lowest BCUT2D eigenvalue weighted by atomic mass is 10.1. The second kappa shape index (κ2) is 3.70. The fourth-order valence-electron chi connectivity index (χ4n) is 1.72. The molecule has 0 bridgehead atoms. The molecule has 0 fully saturated rings. The van der Waals surface area contributed by atoms with E-state index in [1.807, 2.05) is 32.0 Å². The largest absolute Gasteiger partial charge is 0.382 e. The molecule has 1 heterocycles. The Morgan fingerprint density at radius 3 is 2.38 bits per heavy atom. The van der Waals surface area contributed by atoms with E-state index in [2.05, 4.69) is 11.2 Å². The minimum absolute atomic E-state index is 0.382. The molecule has 2 aromatic rings. The predicted molar refractivity (Wildman–Crippen MR) is 62.2 cm³/mol. The fraction of sp³-hybridized carbons (Fsp3) is 0.167. The lowest BCUT2D eigenvalue weighted by molar-refractivity contribution is 0.888. The van der Waals surface area contributed by atoms with Gasteiger partial charge in [0.15, 0.2) is 0 Å². The number of hydrogen-bond donors (Lipinski definition) is 1. The summed E-state index contributed by atoms with van der Waals surface area (Å²) in [5, 5.41) is 12.9. The first-order valence-electron chi connectivity index (χ1n) is 4.94. The molecule has 1 aromatic carbocycles. The molecule has 0 aliphatic carbocycles. The molecule has 80 valence electrons. The Labute approximate surface area is 93.9 Å². The van der Waals surface area contributed by atoms with Gasteiger partial charge in [0.2, 0.25) is 0 Å². The Morgan fingerprint density at radius 2 is 1.88 bits per heavy atom. The van der Waals surface area contributed by atoms with Gasteiger partial charge >= 0.3 is 0 Å². The van der Waals surface area contributed by atoms with Crippen molar-refractivity contribution in [2.75, 3.05) is 5.73 Å². The summed E-state index contributed by atoms with van der Waals surface area (Å²) in [6.07, 6.45) is 1.48. The van der Waals surface area contributed by atoms with Crippen LogP contribution in [0.1, 0.15) is 16.7 Å². The van der Waals surface area contributed by atoms with Gasteiger partial charge in [-0.25, -0.2) is 4.68 Å². The number of aromatic nitrogens is 2. The average Bonchev–Trinajstić information content (AvgIpc) is 2.58. The number of rotatable bonds is 1. The van der Waals surface area contributed by atoms with Crippen molar-refractivity contribution in [1.29, 1.82) is 5.26 Å². The van der Waals surface area contributed by atoms with E-state index in [9.17, 15) is 0 Å². The van der Waals surface area contributed by atoms with Crippen LogP contribution in [0.3, 0.4) is 0 Å². The van der Waals surface area contributed by atoms with E-state index in [0.717, 1.165) is 16.8 Å². The zero-order chi connectivity index (χ0) is 11.7. The lowest BCUT2D eigenvalue weighted by Crippen LogP contribution is -2.03. The summed E-state index contributed by atoms with van der Waals surface area (Å²) >= 11 is 0. The van der Waals surface area contributed by atoms with Crippen molar-refractivity contribution in [3.63, 3.8) is 0 Å². The maximum Gasteiger partial charge on any atom is 0.145 e. The van der Waals surface area contributed by atoms with Crippen molar-refractivity contribution in [2.24, 2.45) is 0 Å². The van der Waals surface area contributed by atoms with Gasteiger partial charge in [0.1, 0.15) is 17.5 Å². The second-order valence-corrected chi connectivity index (χ2v) is 3.81. The Balaban J connectivity index is 2.59. The lowest BCUT2D eigenvalue weighted by Gasteiger charge is -2.06. The van der Waals surface area contributed by atoms with Crippen LogP contribution in [0.5, 0.6) is 0 Å². The Hall–Kier alpha value is -2.28. The third-order valence-electron chi connectivity index (χ3n) is 2.38. The Bertz CT molecular complexity index is 555. The van der Waals surface area contributed by atoms with Gasteiger partial charge in [-0.2, -0.15) is 10.4 Å². The summed E-state index contributed by atoms with van der Waals surface area (Å²) in [5.74, 6) is 0.382. The molecule has 4 nitrogen and oxygen atoms in total. The molecule has 0 saturated carbocycles. The minimum Gasteiger partial charge on any atom is -0.382 e. The van der Waals surface area contributed by atoms with Gasteiger partial charge in [-0.15, -0.1) is 0 Å². The number of nitrogens with two attached hydrogens (primary N) is 1. The SMILES string of the molecule is Cc1cc(C)cc(-n2ncc(C#N)c2N)c1. The van der Waals surface area contributed by atoms with Crippen LogP contribution in [0, 0.1) is 25.2 Å². The summed E-state index contributed by atoms with van der Waals surface area (Å²) in [6, 6.07) is 8.05. The first-order chi connectivity index (χ1) is 7.61. The normalized spacial score (nSPS) is 10.1. The van der Waals surface area contributed by atoms with Crippen molar-refractivity contribution in [3.05, 3.63) is 41.1 Å². The number of nitriles is 1. The van der Waals surface area contributed by atoms with E-state index in [0.29, 0.717) is 11.4 Å². The van der Waals surface area contributed by atoms with Gasteiger partial charge in [-0.05, 0) is 37.1 Å². The number of aryl methyl sites for hydroxylation is 2. The summed E-state index contributed by atoms with van der Waals surface area (Å²) in [4.78, 5) is 0. The molecule has 0 saturated heterocycles. The monoisotopic (exact) mass is 212 g/mol. The number of hydrogen-bond acceptors (Lipinski definition) is 3. The number of anilines is 1. The number of nitrogen functional groups attached to an aromatic ring is 1. The first kappa shape index (κ1) is 10.2. The molecule has 2 rings (SSSR count). The van der Waals surface area contributed by atoms with Crippen LogP contribution >= 0.6 is 0 Å². The van der Waals surface area contributed by atoms with E-state index in [1.165, 1.54) is 6.20 Å². The zero-order valence-electron chi connectivity index (χ0n) is 9.23. The maximum absolute atomic E-state index is 8.80. The zero-order valence-corrected chi connectivity index (χ0v) is 9.23. The highest BCUT2D eigenvalue weighted by atomic mass is 15.3. The first-order valence-corrected chi connectivity index (χ1v) is 4.94. The van der Waals surface area contributed by atoms with Crippen molar-refractivity contribution in [2.45, 2.75) is 13.8 Å². The minimum atomic E-state index is 0.382. The number of benzene rings is 1. The quantitative estimate of drug-likeness (QED) is 0.785. The van der Waals surface area contributed by atoms with Crippen molar-refractivity contribution in [1.82, 2.24) is 9.78 Å². The maximum atomic E-state index is 8.80. The number of nitrogens with zero attached hydrogens (tertiary/aromatic N) is 3. The highest BCUT2D eigenvalue weighted by Gasteiger charge is 2.08. The third-order valence-corrected chi connectivity index (χ3v) is 2.38. The van der Waals surface area contributed by atoms with Crippen LogP contribution in [0.4, 0.5) is 5.82 Å². The van der Waals surface area contributed by atoms with Crippen LogP contribution in [-0.4, -0.2) is 9.78 Å². The Kier molecular flexibility index (Phi) is 2.37. The molecule has 16 heavy (non-hydrogen) atoms. The van der Waals surface area contributed by atoms with Gasteiger partial charge < -0.3 is 5.73 Å².